The molecule has 0 spiro atoms. The minimum Gasteiger partial charge on any atom is -0.350 e. The molecule has 0 aliphatic carbocycles. The highest BCUT2D eigenvalue weighted by Gasteiger charge is 2.33. The summed E-state index contributed by atoms with van der Waals surface area (Å²) in [6.07, 6.45) is 0.162. The zero-order chi connectivity index (χ0) is 23.9. The predicted molar refractivity (Wildman–Crippen MR) is 134 cm³/mol. The Labute approximate surface area is 202 Å². The number of amides is 2. The van der Waals surface area contributed by atoms with Crippen LogP contribution in [-0.2, 0) is 22.6 Å². The smallest absolute Gasteiger partial charge is 0.248 e. The molecule has 6 heteroatoms. The molecule has 4 aromatic rings. The van der Waals surface area contributed by atoms with Crippen LogP contribution in [0.15, 0.2) is 96.4 Å². The van der Waals surface area contributed by atoms with Crippen LogP contribution in [0.1, 0.15) is 27.6 Å². The molecular weight excluding hydrogens is 447 g/mol. The molecule has 0 radical (unpaired) electrons. The molecule has 1 atom stereocenters. The molecule has 2 amide bonds. The highest BCUT2D eigenvalue weighted by atomic mass is 32.1. The maximum absolute atomic E-state index is 13.7. The van der Waals surface area contributed by atoms with E-state index in [1.165, 1.54) is 28.4 Å². The fourth-order valence-electron chi connectivity index (χ4n) is 3.81. The monoisotopic (exact) mass is 472 g/mol. The molecule has 1 aromatic heterocycles. The lowest BCUT2D eigenvalue weighted by atomic mass is 10.0. The third-order valence-corrected chi connectivity index (χ3v) is 6.33. The molecule has 1 N–H and O–H groups in total. The summed E-state index contributed by atoms with van der Waals surface area (Å²) in [4.78, 5) is 29.7. The van der Waals surface area contributed by atoms with Gasteiger partial charge in [-0.2, -0.15) is 0 Å². The number of aryl methyl sites for hydroxylation is 1. The Bertz CT molecular complexity index is 1240. The second-order valence-electron chi connectivity index (χ2n) is 8.02. The minimum absolute atomic E-state index is 0.162. The van der Waals surface area contributed by atoms with E-state index in [1.807, 2.05) is 79.0 Å². The lowest BCUT2D eigenvalue weighted by molar-refractivity contribution is -0.126. The Morgan fingerprint density at radius 2 is 1.71 bits per heavy atom. The standard InChI is InChI=1S/C28H25FN2O2S/c1-20-7-5-10-24(17-20)31(26(32)18-25-11-6-16-34-25)27(22-12-14-23(29)15-13-22)28(33)30-19-21-8-3-2-4-9-21/h2-17,27H,18-19H2,1H3,(H,30,33). The van der Waals surface area contributed by atoms with Gasteiger partial charge in [-0.3, -0.25) is 14.5 Å². The van der Waals surface area contributed by atoms with E-state index in [9.17, 15) is 14.0 Å². The van der Waals surface area contributed by atoms with Crippen LogP contribution >= 0.6 is 11.3 Å². The fourth-order valence-corrected chi connectivity index (χ4v) is 4.50. The van der Waals surface area contributed by atoms with Crippen molar-refractivity contribution in [2.45, 2.75) is 25.9 Å². The molecule has 0 fully saturated rings. The summed E-state index contributed by atoms with van der Waals surface area (Å²) < 4.78 is 13.7. The second-order valence-corrected chi connectivity index (χ2v) is 9.05. The number of halogens is 1. The van der Waals surface area contributed by atoms with Crippen LogP contribution in [-0.4, -0.2) is 11.8 Å². The molecule has 1 unspecified atom stereocenters. The first-order chi connectivity index (χ1) is 16.5. The Balaban J connectivity index is 1.73. The van der Waals surface area contributed by atoms with Crippen LogP contribution in [0.3, 0.4) is 0 Å². The van der Waals surface area contributed by atoms with Gasteiger partial charge in [-0.1, -0.05) is 60.7 Å². The summed E-state index contributed by atoms with van der Waals surface area (Å²) in [6.45, 7) is 2.26. The SMILES string of the molecule is Cc1cccc(N(C(=O)Cc2cccs2)C(C(=O)NCc2ccccc2)c2ccc(F)cc2)c1. The molecule has 4 rings (SSSR count). The number of rotatable bonds is 8. The van der Waals surface area contributed by atoms with E-state index >= 15 is 0 Å². The first-order valence-electron chi connectivity index (χ1n) is 11.0. The summed E-state index contributed by atoms with van der Waals surface area (Å²) in [5, 5.41) is 4.89. The van der Waals surface area contributed by atoms with Gasteiger partial charge in [0.05, 0.1) is 6.42 Å². The first kappa shape index (κ1) is 23.4. The van der Waals surface area contributed by atoms with Crippen LogP contribution in [0, 0.1) is 12.7 Å². The number of hydrogen-bond acceptors (Lipinski definition) is 3. The van der Waals surface area contributed by atoms with Gasteiger partial charge >= 0.3 is 0 Å². The Kier molecular flexibility index (Phi) is 7.50. The molecule has 0 aliphatic heterocycles. The van der Waals surface area contributed by atoms with Gasteiger partial charge < -0.3 is 5.32 Å². The Morgan fingerprint density at radius 1 is 0.941 bits per heavy atom. The van der Waals surface area contributed by atoms with Gasteiger partial charge in [0.25, 0.3) is 0 Å². The van der Waals surface area contributed by atoms with Gasteiger partial charge in [0, 0.05) is 17.1 Å². The fraction of sp³-hybridized carbons (Fsp3) is 0.143. The summed E-state index contributed by atoms with van der Waals surface area (Å²) in [7, 11) is 0. The van der Waals surface area contributed by atoms with Crippen LogP contribution in [0.25, 0.3) is 0 Å². The lowest BCUT2D eigenvalue weighted by Crippen LogP contribution is -2.44. The Morgan fingerprint density at radius 3 is 2.38 bits per heavy atom. The van der Waals surface area contributed by atoms with E-state index in [-0.39, 0.29) is 18.2 Å². The average Bonchev–Trinajstić information content (AvgIpc) is 3.35. The van der Waals surface area contributed by atoms with E-state index < -0.39 is 11.9 Å². The number of hydrogen-bond donors (Lipinski definition) is 1. The lowest BCUT2D eigenvalue weighted by Gasteiger charge is -2.32. The molecule has 3 aromatic carbocycles. The van der Waals surface area contributed by atoms with Crippen LogP contribution in [0.2, 0.25) is 0 Å². The number of nitrogens with zero attached hydrogens (tertiary/aromatic N) is 1. The van der Waals surface area contributed by atoms with Crippen molar-refractivity contribution in [3.05, 3.63) is 124 Å². The predicted octanol–water partition coefficient (Wildman–Crippen LogP) is 5.83. The summed E-state index contributed by atoms with van der Waals surface area (Å²) in [5.74, 6) is -0.951. The van der Waals surface area contributed by atoms with Gasteiger partial charge in [0.2, 0.25) is 11.8 Å². The molecule has 4 nitrogen and oxygen atoms in total. The van der Waals surface area contributed by atoms with Crippen LogP contribution in [0.5, 0.6) is 0 Å². The van der Waals surface area contributed by atoms with Crippen molar-refractivity contribution in [1.29, 1.82) is 0 Å². The topological polar surface area (TPSA) is 49.4 Å². The average molecular weight is 473 g/mol. The zero-order valence-corrected chi connectivity index (χ0v) is 19.6. The summed E-state index contributed by atoms with van der Waals surface area (Å²) in [5.41, 5.74) is 3.06. The third kappa shape index (κ3) is 5.77. The van der Waals surface area contributed by atoms with Gasteiger partial charge in [0.1, 0.15) is 11.9 Å². The second kappa shape index (κ2) is 10.9. The van der Waals surface area contributed by atoms with Gasteiger partial charge in [-0.15, -0.1) is 11.3 Å². The largest absolute Gasteiger partial charge is 0.350 e. The quantitative estimate of drug-likeness (QED) is 0.351. The summed E-state index contributed by atoms with van der Waals surface area (Å²) in [6, 6.07) is 25.7. The van der Waals surface area contributed by atoms with Crippen molar-refractivity contribution in [1.82, 2.24) is 5.32 Å². The Hall–Kier alpha value is -3.77. The number of carbonyl (C=O) groups excluding carboxylic acids is 2. The number of thiophene rings is 1. The molecule has 0 bridgehead atoms. The number of carbonyl (C=O) groups is 2. The third-order valence-electron chi connectivity index (χ3n) is 5.46. The van der Waals surface area contributed by atoms with Crippen LogP contribution < -0.4 is 10.2 Å². The molecular formula is C28H25FN2O2S. The van der Waals surface area contributed by atoms with Gasteiger partial charge in [0.15, 0.2) is 0 Å². The van der Waals surface area contributed by atoms with E-state index in [0.29, 0.717) is 17.8 Å². The van der Waals surface area contributed by atoms with Crippen molar-refractivity contribution in [2.75, 3.05) is 4.90 Å². The zero-order valence-electron chi connectivity index (χ0n) is 18.8. The maximum Gasteiger partial charge on any atom is 0.248 e. The van der Waals surface area contributed by atoms with Crippen molar-refractivity contribution in [3.8, 4) is 0 Å². The van der Waals surface area contributed by atoms with E-state index in [4.69, 9.17) is 0 Å². The van der Waals surface area contributed by atoms with E-state index in [2.05, 4.69) is 5.32 Å². The number of anilines is 1. The highest BCUT2D eigenvalue weighted by Crippen LogP contribution is 2.30. The van der Waals surface area contributed by atoms with Gasteiger partial charge in [-0.25, -0.2) is 4.39 Å². The number of nitrogens with one attached hydrogen (secondary N) is 1. The number of benzene rings is 3. The van der Waals surface area contributed by atoms with Crippen LogP contribution in [0.4, 0.5) is 10.1 Å². The molecule has 0 saturated heterocycles. The minimum atomic E-state index is -0.960. The van der Waals surface area contributed by atoms with Crippen molar-refractivity contribution in [2.24, 2.45) is 0 Å². The van der Waals surface area contributed by atoms with Crippen molar-refractivity contribution in [3.63, 3.8) is 0 Å². The molecule has 1 heterocycles. The highest BCUT2D eigenvalue weighted by molar-refractivity contribution is 7.10. The summed E-state index contributed by atoms with van der Waals surface area (Å²) >= 11 is 1.49. The maximum atomic E-state index is 13.7. The van der Waals surface area contributed by atoms with E-state index in [0.717, 1.165) is 16.0 Å². The molecule has 34 heavy (non-hydrogen) atoms. The van der Waals surface area contributed by atoms with Crippen molar-refractivity contribution < 1.29 is 14.0 Å². The normalized spacial score (nSPS) is 11.6. The first-order valence-corrected chi connectivity index (χ1v) is 11.9. The van der Waals surface area contributed by atoms with Crippen molar-refractivity contribution >= 4 is 28.8 Å². The molecule has 0 aliphatic rings. The van der Waals surface area contributed by atoms with Gasteiger partial charge in [-0.05, 0) is 59.3 Å². The molecule has 172 valence electrons. The van der Waals surface area contributed by atoms with E-state index in [1.54, 1.807) is 12.1 Å². The molecule has 0 saturated carbocycles.